The van der Waals surface area contributed by atoms with Gasteiger partial charge in [-0.05, 0) is 53.3 Å². The number of amides is 2. The van der Waals surface area contributed by atoms with Crippen LogP contribution in [0.15, 0.2) is 55.2 Å². The molecule has 4 atom stereocenters. The van der Waals surface area contributed by atoms with Crippen molar-refractivity contribution < 1.29 is 23.8 Å². The molecular formula is C27H25FN6O4. The van der Waals surface area contributed by atoms with E-state index in [-0.39, 0.29) is 48.6 Å². The fraction of sp³-hybridized carbons (Fsp3) is 0.333. The molecule has 2 aromatic heterocycles. The minimum atomic E-state index is -1.45. The SMILES string of the molecule is N#Cc1cc(-c2ccnc(NC(=O)C3CC3c3cncnc3)c2)ccc1O[C@H]1CCN(C(=O)CO)C[C@H]1F. The summed E-state index contributed by atoms with van der Waals surface area (Å²) in [5.41, 5.74) is 2.61. The predicted octanol–water partition coefficient (Wildman–Crippen LogP) is 2.46. The summed E-state index contributed by atoms with van der Waals surface area (Å²) in [4.78, 5) is 37.9. The third kappa shape index (κ3) is 5.45. The minimum Gasteiger partial charge on any atom is -0.486 e. The van der Waals surface area contributed by atoms with E-state index in [9.17, 15) is 19.2 Å². The maximum absolute atomic E-state index is 14.7. The molecule has 2 amide bonds. The van der Waals surface area contributed by atoms with Gasteiger partial charge in [0, 0.05) is 37.5 Å². The number of piperidine rings is 1. The van der Waals surface area contributed by atoms with Gasteiger partial charge < -0.3 is 20.1 Å². The maximum Gasteiger partial charge on any atom is 0.248 e. The molecule has 3 heterocycles. The Kier molecular flexibility index (Phi) is 7.24. The molecule has 1 aliphatic heterocycles. The van der Waals surface area contributed by atoms with Crippen molar-refractivity contribution in [2.24, 2.45) is 5.92 Å². The Balaban J connectivity index is 1.25. The van der Waals surface area contributed by atoms with Crippen molar-refractivity contribution in [3.8, 4) is 22.9 Å². The number of hydrogen-bond acceptors (Lipinski definition) is 8. The van der Waals surface area contributed by atoms with Crippen LogP contribution in [0, 0.1) is 17.2 Å². The second kappa shape index (κ2) is 10.9. The van der Waals surface area contributed by atoms with Gasteiger partial charge in [-0.3, -0.25) is 9.59 Å². The van der Waals surface area contributed by atoms with Crippen molar-refractivity contribution in [2.45, 2.75) is 31.0 Å². The minimum absolute atomic E-state index is 0.0939. The monoisotopic (exact) mass is 516 g/mol. The van der Waals surface area contributed by atoms with Crippen LogP contribution < -0.4 is 10.1 Å². The number of aliphatic hydroxyl groups is 1. The van der Waals surface area contributed by atoms with Crippen molar-refractivity contribution in [1.82, 2.24) is 19.9 Å². The molecule has 0 radical (unpaired) electrons. The van der Waals surface area contributed by atoms with E-state index in [1.54, 1.807) is 48.9 Å². The number of rotatable bonds is 7. The maximum atomic E-state index is 14.7. The number of alkyl halides is 1. The molecule has 1 saturated heterocycles. The number of halogens is 1. The fourth-order valence-electron chi connectivity index (χ4n) is 4.66. The Labute approximate surface area is 218 Å². The summed E-state index contributed by atoms with van der Waals surface area (Å²) in [5, 5.41) is 21.6. The summed E-state index contributed by atoms with van der Waals surface area (Å²) in [6.07, 6.45) is 5.18. The van der Waals surface area contributed by atoms with E-state index in [0.717, 1.165) is 17.5 Å². The molecule has 38 heavy (non-hydrogen) atoms. The molecule has 2 aliphatic rings. The lowest BCUT2D eigenvalue weighted by Gasteiger charge is -2.34. The molecular weight excluding hydrogens is 491 g/mol. The van der Waals surface area contributed by atoms with E-state index in [1.807, 2.05) is 0 Å². The van der Waals surface area contributed by atoms with Gasteiger partial charge in [0.15, 0.2) is 6.17 Å². The van der Waals surface area contributed by atoms with Gasteiger partial charge >= 0.3 is 0 Å². The molecule has 0 bridgehead atoms. The number of nitrogens with one attached hydrogen (secondary N) is 1. The lowest BCUT2D eigenvalue weighted by molar-refractivity contribution is -0.138. The van der Waals surface area contributed by atoms with Gasteiger partial charge in [0.25, 0.3) is 0 Å². The number of ether oxygens (including phenoxy) is 1. The first-order valence-corrected chi connectivity index (χ1v) is 12.2. The van der Waals surface area contributed by atoms with Crippen LogP contribution in [0.2, 0.25) is 0 Å². The molecule has 2 unspecified atom stereocenters. The number of nitriles is 1. The highest BCUT2D eigenvalue weighted by Crippen LogP contribution is 2.47. The number of aromatic nitrogens is 3. The molecule has 11 heteroatoms. The van der Waals surface area contributed by atoms with E-state index in [4.69, 9.17) is 9.84 Å². The van der Waals surface area contributed by atoms with Crippen LogP contribution in [0.1, 0.15) is 29.9 Å². The van der Waals surface area contributed by atoms with Crippen molar-refractivity contribution >= 4 is 17.6 Å². The zero-order valence-electron chi connectivity index (χ0n) is 20.3. The Morgan fingerprint density at radius 1 is 1.21 bits per heavy atom. The summed E-state index contributed by atoms with van der Waals surface area (Å²) in [6.45, 7) is -0.574. The summed E-state index contributed by atoms with van der Waals surface area (Å²) in [6, 6.07) is 10.6. The van der Waals surface area contributed by atoms with Gasteiger partial charge in [0.05, 0.1) is 12.1 Å². The molecule has 0 spiro atoms. The second-order valence-corrected chi connectivity index (χ2v) is 9.32. The zero-order valence-corrected chi connectivity index (χ0v) is 20.3. The van der Waals surface area contributed by atoms with Gasteiger partial charge in [0.2, 0.25) is 11.8 Å². The summed E-state index contributed by atoms with van der Waals surface area (Å²) in [7, 11) is 0. The van der Waals surface area contributed by atoms with Gasteiger partial charge in [0.1, 0.15) is 36.7 Å². The number of nitrogens with zero attached hydrogens (tertiary/aromatic N) is 5. The molecule has 2 N–H and O–H groups in total. The number of carbonyl (C=O) groups excluding carboxylic acids is 2. The van der Waals surface area contributed by atoms with Crippen molar-refractivity contribution in [2.75, 3.05) is 25.0 Å². The van der Waals surface area contributed by atoms with Crippen LogP contribution in [-0.4, -0.2) is 68.7 Å². The lowest BCUT2D eigenvalue weighted by atomic mass is 10.0. The highest BCUT2D eigenvalue weighted by atomic mass is 19.1. The largest absolute Gasteiger partial charge is 0.486 e. The standard InChI is InChI=1S/C27H25FN6O4/c28-22-13-34(26(36)14-35)6-4-24(22)38-23-2-1-16(7-18(23)10-29)17-3-5-32-25(8-17)33-27(37)21-9-20(21)19-11-30-15-31-12-19/h1-3,5,7-8,11-12,15,20-22,24,35H,4,6,9,13-14H2,(H,32,33,37)/t20?,21?,22-,24+/m1/s1. The van der Waals surface area contributed by atoms with E-state index >= 15 is 0 Å². The number of benzene rings is 1. The van der Waals surface area contributed by atoms with Crippen LogP contribution in [0.4, 0.5) is 10.2 Å². The Hall–Kier alpha value is -4.43. The van der Waals surface area contributed by atoms with Crippen LogP contribution >= 0.6 is 0 Å². The van der Waals surface area contributed by atoms with Crippen LogP contribution in [-0.2, 0) is 9.59 Å². The smallest absolute Gasteiger partial charge is 0.248 e. The topological polar surface area (TPSA) is 141 Å². The quantitative estimate of drug-likeness (QED) is 0.488. The molecule has 1 aliphatic carbocycles. The number of anilines is 1. The van der Waals surface area contributed by atoms with Crippen LogP contribution in [0.3, 0.4) is 0 Å². The lowest BCUT2D eigenvalue weighted by Crippen LogP contribution is -2.50. The zero-order chi connectivity index (χ0) is 26.6. The molecule has 194 valence electrons. The first-order chi connectivity index (χ1) is 18.5. The highest BCUT2D eigenvalue weighted by Gasteiger charge is 2.44. The van der Waals surface area contributed by atoms with Crippen molar-refractivity contribution in [3.05, 3.63) is 66.4 Å². The average molecular weight is 517 g/mol. The van der Waals surface area contributed by atoms with Gasteiger partial charge in [-0.2, -0.15) is 5.26 Å². The van der Waals surface area contributed by atoms with E-state index in [2.05, 4.69) is 26.3 Å². The molecule has 1 aromatic carbocycles. The van der Waals surface area contributed by atoms with Crippen LogP contribution in [0.5, 0.6) is 5.75 Å². The number of hydrogen-bond donors (Lipinski definition) is 2. The van der Waals surface area contributed by atoms with Gasteiger partial charge in [-0.1, -0.05) is 6.07 Å². The third-order valence-electron chi connectivity index (χ3n) is 6.83. The normalized spacial score (nSPS) is 22.3. The number of pyridine rings is 1. The Morgan fingerprint density at radius 3 is 2.74 bits per heavy atom. The van der Waals surface area contributed by atoms with Gasteiger partial charge in [-0.25, -0.2) is 19.3 Å². The first-order valence-electron chi connectivity index (χ1n) is 12.2. The van der Waals surface area contributed by atoms with E-state index in [0.29, 0.717) is 11.4 Å². The number of carbonyl (C=O) groups is 2. The molecule has 5 rings (SSSR count). The van der Waals surface area contributed by atoms with Gasteiger partial charge in [-0.15, -0.1) is 0 Å². The number of likely N-dealkylation sites (tertiary alicyclic amines) is 1. The summed E-state index contributed by atoms with van der Waals surface area (Å²) >= 11 is 0. The third-order valence-corrected chi connectivity index (χ3v) is 6.83. The predicted molar refractivity (Wildman–Crippen MR) is 133 cm³/mol. The Morgan fingerprint density at radius 2 is 2.00 bits per heavy atom. The van der Waals surface area contributed by atoms with Crippen molar-refractivity contribution in [1.29, 1.82) is 5.26 Å². The first kappa shape index (κ1) is 25.2. The van der Waals surface area contributed by atoms with E-state index in [1.165, 1.54) is 11.2 Å². The van der Waals surface area contributed by atoms with E-state index < -0.39 is 24.8 Å². The molecule has 10 nitrogen and oxygen atoms in total. The average Bonchev–Trinajstić information content (AvgIpc) is 3.76. The molecule has 2 fully saturated rings. The molecule has 3 aromatic rings. The second-order valence-electron chi connectivity index (χ2n) is 9.32. The Bertz CT molecular complexity index is 1380. The fourth-order valence-corrected chi connectivity index (χ4v) is 4.66. The number of aliphatic hydroxyl groups excluding tert-OH is 1. The van der Waals surface area contributed by atoms with Crippen LogP contribution in [0.25, 0.3) is 11.1 Å². The summed E-state index contributed by atoms with van der Waals surface area (Å²) < 4.78 is 20.5. The summed E-state index contributed by atoms with van der Waals surface area (Å²) in [5.74, 6) is -0.0809. The van der Waals surface area contributed by atoms with Crippen molar-refractivity contribution in [3.63, 3.8) is 0 Å². The highest BCUT2D eigenvalue weighted by molar-refractivity contribution is 5.95. The molecule has 1 saturated carbocycles.